The fourth-order valence-electron chi connectivity index (χ4n) is 1.71. The number of ether oxygens (including phenoxy) is 3. The summed E-state index contributed by atoms with van der Waals surface area (Å²) in [6.45, 7) is 3.27. The summed E-state index contributed by atoms with van der Waals surface area (Å²) in [5.74, 6) is -0.181. The highest BCUT2D eigenvalue weighted by Crippen LogP contribution is 2.25. The topological polar surface area (TPSA) is 61.8 Å². The molecule has 0 amide bonds. The number of para-hydroxylation sites is 1. The Hall–Kier alpha value is -2.04. The first-order valence-electron chi connectivity index (χ1n) is 6.33. The van der Waals surface area contributed by atoms with Crippen molar-refractivity contribution in [2.45, 2.75) is 32.3 Å². The van der Waals surface area contributed by atoms with Crippen molar-refractivity contribution in [3.63, 3.8) is 0 Å². The average Bonchev–Trinajstić information content (AvgIpc) is 2.44. The van der Waals surface area contributed by atoms with Crippen LogP contribution in [-0.2, 0) is 25.5 Å². The Kier molecular flexibility index (Phi) is 5.55. The first-order chi connectivity index (χ1) is 9.40. The molecule has 0 heterocycles. The molecule has 5 nitrogen and oxygen atoms in total. The molecule has 0 bridgehead atoms. The van der Waals surface area contributed by atoms with E-state index in [-0.39, 0.29) is 12.4 Å². The molecule has 1 aromatic rings. The fraction of sp³-hybridized carbons (Fsp3) is 0.467. The molecule has 0 fully saturated rings. The molecule has 110 valence electrons. The summed E-state index contributed by atoms with van der Waals surface area (Å²) >= 11 is 0. The molecular formula is C15H20O5. The second kappa shape index (κ2) is 6.93. The van der Waals surface area contributed by atoms with Crippen LogP contribution < -0.4 is 4.74 Å². The van der Waals surface area contributed by atoms with Gasteiger partial charge in [-0.25, -0.2) is 4.79 Å². The zero-order valence-corrected chi connectivity index (χ0v) is 12.3. The predicted octanol–water partition coefficient (Wildman–Crippen LogP) is 2.12. The Morgan fingerprint density at radius 3 is 2.35 bits per heavy atom. The summed E-state index contributed by atoms with van der Waals surface area (Å²) in [6.07, 6.45) is 0.746. The quantitative estimate of drug-likeness (QED) is 0.747. The zero-order valence-electron chi connectivity index (χ0n) is 12.3. The van der Waals surface area contributed by atoms with Gasteiger partial charge < -0.3 is 14.2 Å². The Balaban J connectivity index is 2.85. The normalized spacial score (nSPS) is 10.8. The molecule has 0 saturated heterocycles. The summed E-state index contributed by atoms with van der Waals surface area (Å²) in [4.78, 5) is 22.8. The first-order valence-corrected chi connectivity index (χ1v) is 6.33. The number of hydrogen-bond donors (Lipinski definition) is 0. The van der Waals surface area contributed by atoms with E-state index in [1.807, 2.05) is 18.2 Å². The molecule has 0 aliphatic heterocycles. The van der Waals surface area contributed by atoms with Crippen molar-refractivity contribution in [3.05, 3.63) is 29.8 Å². The van der Waals surface area contributed by atoms with Crippen molar-refractivity contribution in [2.24, 2.45) is 0 Å². The second-order valence-electron chi connectivity index (χ2n) is 4.79. The van der Waals surface area contributed by atoms with Gasteiger partial charge in [0.25, 0.3) is 0 Å². The van der Waals surface area contributed by atoms with Gasteiger partial charge in [-0.3, -0.25) is 4.79 Å². The van der Waals surface area contributed by atoms with Gasteiger partial charge >= 0.3 is 11.9 Å². The van der Waals surface area contributed by atoms with Gasteiger partial charge in [-0.15, -0.1) is 0 Å². The average molecular weight is 280 g/mol. The van der Waals surface area contributed by atoms with Crippen LogP contribution in [0, 0.1) is 0 Å². The monoisotopic (exact) mass is 280 g/mol. The molecule has 0 N–H and O–H groups in total. The maximum absolute atomic E-state index is 11.6. The third kappa shape index (κ3) is 4.26. The number of methoxy groups -OCH3 is 2. The molecule has 1 aromatic carbocycles. The van der Waals surface area contributed by atoms with Crippen LogP contribution in [0.1, 0.15) is 25.8 Å². The molecule has 1 rings (SSSR count). The summed E-state index contributed by atoms with van der Waals surface area (Å²) < 4.78 is 15.0. The van der Waals surface area contributed by atoms with Crippen LogP contribution in [0.15, 0.2) is 24.3 Å². The van der Waals surface area contributed by atoms with Crippen molar-refractivity contribution in [3.8, 4) is 5.75 Å². The summed E-state index contributed by atoms with van der Waals surface area (Å²) in [7, 11) is 2.67. The Morgan fingerprint density at radius 1 is 1.10 bits per heavy atom. The number of esters is 2. The highest BCUT2D eigenvalue weighted by molar-refractivity contribution is 5.79. The van der Waals surface area contributed by atoms with E-state index in [9.17, 15) is 9.59 Å². The van der Waals surface area contributed by atoms with Crippen molar-refractivity contribution >= 4 is 11.9 Å². The van der Waals surface area contributed by atoms with Crippen molar-refractivity contribution < 1.29 is 23.8 Å². The highest BCUT2D eigenvalue weighted by atomic mass is 16.6. The lowest BCUT2D eigenvalue weighted by atomic mass is 10.1. The maximum atomic E-state index is 11.6. The van der Waals surface area contributed by atoms with E-state index in [4.69, 9.17) is 9.47 Å². The standard InChI is InChI=1S/C15H20O5/c1-15(2,14(17)19-4)20-12-8-6-5-7-11(12)9-10-13(16)18-3/h5-8H,9-10H2,1-4H3. The van der Waals surface area contributed by atoms with Crippen LogP contribution >= 0.6 is 0 Å². The van der Waals surface area contributed by atoms with E-state index in [1.165, 1.54) is 14.2 Å². The number of carbonyl (C=O) groups is 2. The van der Waals surface area contributed by atoms with Crippen LogP contribution in [0.4, 0.5) is 0 Å². The number of carbonyl (C=O) groups excluding carboxylic acids is 2. The molecule has 0 unspecified atom stereocenters. The molecule has 0 radical (unpaired) electrons. The molecule has 20 heavy (non-hydrogen) atoms. The van der Waals surface area contributed by atoms with Gasteiger partial charge in [0.1, 0.15) is 5.75 Å². The third-order valence-corrected chi connectivity index (χ3v) is 2.84. The highest BCUT2D eigenvalue weighted by Gasteiger charge is 2.31. The van der Waals surface area contributed by atoms with E-state index in [0.717, 1.165) is 5.56 Å². The molecular weight excluding hydrogens is 260 g/mol. The van der Waals surface area contributed by atoms with Crippen molar-refractivity contribution in [1.29, 1.82) is 0 Å². The predicted molar refractivity (Wildman–Crippen MR) is 73.5 cm³/mol. The van der Waals surface area contributed by atoms with E-state index in [0.29, 0.717) is 12.2 Å². The molecule has 0 aliphatic carbocycles. The second-order valence-corrected chi connectivity index (χ2v) is 4.79. The van der Waals surface area contributed by atoms with Crippen LogP contribution in [0.3, 0.4) is 0 Å². The smallest absolute Gasteiger partial charge is 0.349 e. The lowest BCUT2D eigenvalue weighted by molar-refractivity contribution is -0.156. The molecule has 0 aromatic heterocycles. The van der Waals surface area contributed by atoms with E-state index in [2.05, 4.69) is 4.74 Å². The lowest BCUT2D eigenvalue weighted by Gasteiger charge is -2.24. The van der Waals surface area contributed by atoms with Gasteiger partial charge in [-0.1, -0.05) is 18.2 Å². The Bertz CT molecular complexity index is 479. The number of rotatable bonds is 6. The van der Waals surface area contributed by atoms with Gasteiger partial charge in [0.15, 0.2) is 5.60 Å². The summed E-state index contributed by atoms with van der Waals surface area (Å²) in [6, 6.07) is 7.28. The van der Waals surface area contributed by atoms with Crippen LogP contribution in [0.5, 0.6) is 5.75 Å². The lowest BCUT2D eigenvalue weighted by Crippen LogP contribution is -2.39. The minimum absolute atomic E-state index is 0.259. The SMILES string of the molecule is COC(=O)CCc1ccccc1OC(C)(C)C(=O)OC. The minimum atomic E-state index is -1.09. The van der Waals surface area contributed by atoms with E-state index in [1.54, 1.807) is 19.9 Å². The molecule has 0 spiro atoms. The fourth-order valence-corrected chi connectivity index (χ4v) is 1.71. The van der Waals surface area contributed by atoms with Crippen LogP contribution in [0.25, 0.3) is 0 Å². The first kappa shape index (κ1) is 16.0. The van der Waals surface area contributed by atoms with Gasteiger partial charge in [-0.05, 0) is 31.9 Å². The Morgan fingerprint density at radius 2 is 1.75 bits per heavy atom. The number of benzene rings is 1. The maximum Gasteiger partial charge on any atom is 0.349 e. The van der Waals surface area contributed by atoms with E-state index < -0.39 is 11.6 Å². The van der Waals surface area contributed by atoms with Gasteiger partial charge in [0.2, 0.25) is 0 Å². The zero-order chi connectivity index (χ0) is 15.2. The summed E-state index contributed by atoms with van der Waals surface area (Å²) in [5.41, 5.74) is -0.245. The summed E-state index contributed by atoms with van der Waals surface area (Å²) in [5, 5.41) is 0. The van der Waals surface area contributed by atoms with Gasteiger partial charge in [-0.2, -0.15) is 0 Å². The molecule has 0 saturated carbocycles. The molecule has 5 heteroatoms. The number of aryl methyl sites for hydroxylation is 1. The molecule has 0 aliphatic rings. The number of hydrogen-bond acceptors (Lipinski definition) is 5. The van der Waals surface area contributed by atoms with E-state index >= 15 is 0 Å². The van der Waals surface area contributed by atoms with Gasteiger partial charge in [0, 0.05) is 6.42 Å². The largest absolute Gasteiger partial charge is 0.476 e. The Labute approximate surface area is 118 Å². The van der Waals surface area contributed by atoms with Crippen molar-refractivity contribution in [2.75, 3.05) is 14.2 Å². The van der Waals surface area contributed by atoms with Gasteiger partial charge in [0.05, 0.1) is 14.2 Å². The molecule has 0 atom stereocenters. The minimum Gasteiger partial charge on any atom is -0.476 e. The van der Waals surface area contributed by atoms with Crippen molar-refractivity contribution in [1.82, 2.24) is 0 Å². The van der Waals surface area contributed by atoms with Crippen LogP contribution in [-0.4, -0.2) is 31.8 Å². The van der Waals surface area contributed by atoms with Crippen LogP contribution in [0.2, 0.25) is 0 Å². The third-order valence-electron chi connectivity index (χ3n) is 2.84.